The summed E-state index contributed by atoms with van der Waals surface area (Å²) in [6.45, 7) is -7.33. The van der Waals surface area contributed by atoms with E-state index in [1.54, 1.807) is 0 Å². The smallest absolute Gasteiger partial charge is 0.344 e. The number of halogens is 6. The van der Waals surface area contributed by atoms with Crippen molar-refractivity contribution in [3.8, 4) is 0 Å². The predicted octanol–water partition coefficient (Wildman–Crippen LogP) is 2.52. The molecule has 0 aliphatic carbocycles. The van der Waals surface area contributed by atoms with E-state index in [0.29, 0.717) is 0 Å². The van der Waals surface area contributed by atoms with Gasteiger partial charge in [-0.2, -0.15) is 26.3 Å². The maximum Gasteiger partial charge on any atom is 0.379 e. The van der Waals surface area contributed by atoms with Gasteiger partial charge in [0.15, 0.2) is 0 Å². The van der Waals surface area contributed by atoms with E-state index in [1.807, 2.05) is 0 Å². The molecular formula is C2H5F6N. The van der Waals surface area contributed by atoms with Crippen LogP contribution in [-0.4, -0.2) is 13.4 Å². The van der Waals surface area contributed by atoms with Crippen molar-refractivity contribution in [2.45, 2.75) is 13.4 Å². The Morgan fingerprint density at radius 3 is 0.556 bits per heavy atom. The second-order valence-corrected chi connectivity index (χ2v) is 0.495. The molecule has 0 aromatic rings. The Morgan fingerprint density at radius 1 is 0.556 bits per heavy atom. The van der Waals surface area contributed by atoms with Crippen LogP contribution >= 0.6 is 0 Å². The van der Waals surface area contributed by atoms with Gasteiger partial charge in [0.05, 0.1) is 0 Å². The van der Waals surface area contributed by atoms with E-state index < -0.39 is 13.4 Å². The van der Waals surface area contributed by atoms with Gasteiger partial charge in [-0.15, -0.1) is 0 Å². The molecule has 0 atom stereocenters. The van der Waals surface area contributed by atoms with E-state index in [1.165, 1.54) is 0 Å². The summed E-state index contributed by atoms with van der Waals surface area (Å²) in [4.78, 5) is 0. The summed E-state index contributed by atoms with van der Waals surface area (Å²) < 4.78 is 58.0. The molecule has 0 aliphatic rings. The van der Waals surface area contributed by atoms with E-state index in [2.05, 4.69) is 0 Å². The van der Waals surface area contributed by atoms with Gasteiger partial charge >= 0.3 is 13.4 Å². The second kappa shape index (κ2) is 10.5. The van der Waals surface area contributed by atoms with Gasteiger partial charge in [0.2, 0.25) is 0 Å². The van der Waals surface area contributed by atoms with E-state index in [-0.39, 0.29) is 6.15 Å². The first-order valence-electron chi connectivity index (χ1n) is 1.31. The van der Waals surface area contributed by atoms with Crippen molar-refractivity contribution < 1.29 is 26.3 Å². The standard InChI is InChI=1S/2CHF3.H3N/c2*2-1(3)4;/h2*1H;1H3. The number of rotatable bonds is 0. The van der Waals surface area contributed by atoms with Gasteiger partial charge in [0.25, 0.3) is 0 Å². The average molecular weight is 157 g/mol. The van der Waals surface area contributed by atoms with Crippen molar-refractivity contribution in [2.75, 3.05) is 0 Å². The molecule has 0 saturated heterocycles. The lowest BCUT2D eigenvalue weighted by Gasteiger charge is -1.65. The minimum Gasteiger partial charge on any atom is -0.344 e. The molecule has 0 unspecified atom stereocenters. The third-order valence-corrected chi connectivity index (χ3v) is 0. The highest BCUT2D eigenvalue weighted by Crippen LogP contribution is 1.87. The van der Waals surface area contributed by atoms with Crippen LogP contribution in [0.2, 0.25) is 0 Å². The minimum atomic E-state index is -3.67. The molecule has 9 heavy (non-hydrogen) atoms. The Labute approximate surface area is 47.2 Å². The summed E-state index contributed by atoms with van der Waals surface area (Å²) in [5.74, 6) is 0. The van der Waals surface area contributed by atoms with Crippen LogP contribution < -0.4 is 6.15 Å². The molecule has 0 heterocycles. The van der Waals surface area contributed by atoms with Crippen molar-refractivity contribution in [3.05, 3.63) is 0 Å². The molecule has 0 spiro atoms. The average Bonchev–Trinajstić information content (AvgIpc) is 1.25. The lowest BCUT2D eigenvalue weighted by atomic mass is 11.6. The molecule has 0 aromatic heterocycles. The largest absolute Gasteiger partial charge is 0.379 e. The van der Waals surface area contributed by atoms with E-state index >= 15 is 0 Å². The third kappa shape index (κ3) is 1090. The summed E-state index contributed by atoms with van der Waals surface area (Å²) in [6.07, 6.45) is 0. The first-order valence-corrected chi connectivity index (χ1v) is 1.31. The predicted molar refractivity (Wildman–Crippen MR) is 19.2 cm³/mol. The van der Waals surface area contributed by atoms with E-state index in [0.717, 1.165) is 0 Å². The lowest BCUT2D eigenvalue weighted by molar-refractivity contribution is 0.00734. The maximum atomic E-state index is 9.67. The fraction of sp³-hybridized carbons (Fsp3) is 1.00. The lowest BCUT2D eigenvalue weighted by Crippen LogP contribution is -1.65. The van der Waals surface area contributed by atoms with Gasteiger partial charge in [0, 0.05) is 0 Å². The van der Waals surface area contributed by atoms with E-state index in [4.69, 9.17) is 0 Å². The van der Waals surface area contributed by atoms with Crippen LogP contribution in [0.5, 0.6) is 0 Å². The van der Waals surface area contributed by atoms with Crippen molar-refractivity contribution >= 4 is 0 Å². The van der Waals surface area contributed by atoms with Crippen LogP contribution in [0.15, 0.2) is 0 Å². The summed E-state index contributed by atoms with van der Waals surface area (Å²) in [5.41, 5.74) is 0. The normalized spacial score (nSPS) is 8.00. The highest BCUT2D eigenvalue weighted by atomic mass is 19.4. The second-order valence-electron chi connectivity index (χ2n) is 0.495. The molecule has 0 aromatic carbocycles. The molecule has 0 radical (unpaired) electrons. The molecule has 7 heteroatoms. The van der Waals surface area contributed by atoms with Gasteiger partial charge in [-0.3, -0.25) is 0 Å². The Balaban J connectivity index is -0.0000000720. The van der Waals surface area contributed by atoms with Crippen LogP contribution in [0.3, 0.4) is 0 Å². The van der Waals surface area contributed by atoms with Crippen LogP contribution in [0.25, 0.3) is 0 Å². The molecule has 0 fully saturated rings. The van der Waals surface area contributed by atoms with Crippen LogP contribution in [0, 0.1) is 0 Å². The molecule has 0 amide bonds. The van der Waals surface area contributed by atoms with Crippen molar-refractivity contribution in [2.24, 2.45) is 0 Å². The van der Waals surface area contributed by atoms with Crippen LogP contribution in [-0.2, 0) is 0 Å². The zero-order valence-electron chi connectivity index (χ0n) is 4.13. The van der Waals surface area contributed by atoms with Crippen LogP contribution in [0.4, 0.5) is 26.3 Å². The van der Waals surface area contributed by atoms with Gasteiger partial charge in [-0.25, -0.2) is 0 Å². The van der Waals surface area contributed by atoms with Crippen molar-refractivity contribution in [1.29, 1.82) is 0 Å². The summed E-state index contributed by atoms with van der Waals surface area (Å²) in [5, 5.41) is 0. The fourth-order valence-electron chi connectivity index (χ4n) is 0. The topological polar surface area (TPSA) is 35.0 Å². The minimum absolute atomic E-state index is 0. The third-order valence-electron chi connectivity index (χ3n) is 0. The molecule has 3 N–H and O–H groups in total. The number of alkyl halides is 6. The summed E-state index contributed by atoms with van der Waals surface area (Å²) >= 11 is 0. The first kappa shape index (κ1) is 15.8. The molecule has 0 aliphatic heterocycles. The molecule has 0 rings (SSSR count). The zero-order valence-corrected chi connectivity index (χ0v) is 4.13. The molecular weight excluding hydrogens is 152 g/mol. The van der Waals surface area contributed by atoms with Gasteiger partial charge in [-0.05, 0) is 0 Å². The van der Waals surface area contributed by atoms with Crippen molar-refractivity contribution in [1.82, 2.24) is 6.15 Å². The van der Waals surface area contributed by atoms with Gasteiger partial charge < -0.3 is 6.15 Å². The maximum absolute atomic E-state index is 9.67. The van der Waals surface area contributed by atoms with Gasteiger partial charge in [0.1, 0.15) is 0 Å². The monoisotopic (exact) mass is 157 g/mol. The van der Waals surface area contributed by atoms with E-state index in [9.17, 15) is 26.3 Å². The Bertz CT molecular complexity index is 26.5. The quantitative estimate of drug-likeness (QED) is 0.538. The fourth-order valence-corrected chi connectivity index (χ4v) is 0. The molecule has 0 bridgehead atoms. The molecule has 1 nitrogen and oxygen atoms in total. The zero-order chi connectivity index (χ0) is 7.15. The highest BCUT2D eigenvalue weighted by Gasteiger charge is 1.86. The Kier molecular flexibility index (Phi) is 18.5. The van der Waals surface area contributed by atoms with Gasteiger partial charge in [-0.1, -0.05) is 0 Å². The highest BCUT2D eigenvalue weighted by molar-refractivity contribution is 3.84. The number of hydrogen-bond acceptors (Lipinski definition) is 1. The molecule has 60 valence electrons. The Morgan fingerprint density at radius 2 is 0.556 bits per heavy atom. The number of hydrogen-bond donors (Lipinski definition) is 1. The first-order chi connectivity index (χ1) is 3.46. The SMILES string of the molecule is FC(F)F.FC(F)F.N. The van der Waals surface area contributed by atoms with Crippen LogP contribution in [0.1, 0.15) is 0 Å². The molecule has 0 saturated carbocycles. The summed E-state index contributed by atoms with van der Waals surface area (Å²) in [7, 11) is 0. The summed E-state index contributed by atoms with van der Waals surface area (Å²) in [6, 6.07) is 0. The van der Waals surface area contributed by atoms with Crippen molar-refractivity contribution in [3.63, 3.8) is 0 Å². The Hall–Kier alpha value is -0.460.